The molecule has 152 valence electrons. The Hall–Kier alpha value is -3.28. The molecule has 0 radical (unpaired) electrons. The second-order valence-corrected chi connectivity index (χ2v) is 7.59. The van der Waals surface area contributed by atoms with Crippen molar-refractivity contribution in [3.63, 3.8) is 0 Å². The highest BCUT2D eigenvalue weighted by molar-refractivity contribution is 6.04. The first kappa shape index (κ1) is 20.5. The number of carbonyl (C=O) groups excluding carboxylic acids is 1. The van der Waals surface area contributed by atoms with E-state index in [2.05, 4.69) is 28.8 Å². The normalized spacial score (nSPS) is 15.7. The molecule has 2 aromatic rings. The van der Waals surface area contributed by atoms with Crippen LogP contribution in [0.4, 0.5) is 5.69 Å². The third kappa shape index (κ3) is 4.77. The molecular formula is C23H28N4O2. The summed E-state index contributed by atoms with van der Waals surface area (Å²) in [6.07, 6.45) is 1.84. The lowest BCUT2D eigenvalue weighted by Gasteiger charge is -2.29. The van der Waals surface area contributed by atoms with E-state index >= 15 is 0 Å². The average Bonchev–Trinajstić information content (AvgIpc) is 3.08. The maximum Gasteiger partial charge on any atom is 0.244 e. The number of fused-ring (bicyclic) bond motifs is 1. The maximum atomic E-state index is 11.2. The minimum atomic E-state index is -0.321. The Morgan fingerprint density at radius 1 is 1.28 bits per heavy atom. The van der Waals surface area contributed by atoms with E-state index in [9.17, 15) is 9.90 Å². The summed E-state index contributed by atoms with van der Waals surface area (Å²) < 4.78 is 0. The van der Waals surface area contributed by atoms with Crippen molar-refractivity contribution in [2.75, 3.05) is 18.9 Å². The number of likely N-dealkylation sites (N-methyl/N-ethyl adjacent to an activating group) is 1. The van der Waals surface area contributed by atoms with Gasteiger partial charge in [-0.3, -0.25) is 4.79 Å². The Kier molecular flexibility index (Phi) is 5.92. The molecule has 2 aromatic carbocycles. The van der Waals surface area contributed by atoms with Gasteiger partial charge in [-0.1, -0.05) is 24.8 Å². The van der Waals surface area contributed by atoms with Crippen molar-refractivity contribution < 1.29 is 9.90 Å². The van der Waals surface area contributed by atoms with E-state index in [1.54, 1.807) is 6.07 Å². The van der Waals surface area contributed by atoms with Gasteiger partial charge in [0.15, 0.2) is 0 Å². The Balaban J connectivity index is 1.64. The number of hydrogen-bond acceptors (Lipinski definition) is 4. The number of anilines is 1. The number of hydrogen-bond donors (Lipinski definition) is 3. The highest BCUT2D eigenvalue weighted by atomic mass is 16.3. The summed E-state index contributed by atoms with van der Waals surface area (Å²) in [7, 11) is 2.06. The first-order valence-corrected chi connectivity index (χ1v) is 9.65. The van der Waals surface area contributed by atoms with Crippen molar-refractivity contribution in [1.82, 2.24) is 4.90 Å². The van der Waals surface area contributed by atoms with E-state index in [1.165, 1.54) is 18.1 Å². The lowest BCUT2D eigenvalue weighted by Crippen LogP contribution is -2.33. The van der Waals surface area contributed by atoms with Gasteiger partial charge < -0.3 is 21.1 Å². The predicted octanol–water partition coefficient (Wildman–Crippen LogP) is 2.98. The molecule has 6 heteroatoms. The van der Waals surface area contributed by atoms with E-state index in [1.807, 2.05) is 37.3 Å². The fourth-order valence-electron chi connectivity index (χ4n) is 3.64. The molecule has 0 saturated heterocycles. The fraction of sp³-hybridized carbons (Fsp3) is 0.304. The van der Waals surface area contributed by atoms with Crippen LogP contribution in [0.3, 0.4) is 0 Å². The summed E-state index contributed by atoms with van der Waals surface area (Å²) in [5.41, 5.74) is 12.1. The third-order valence-electron chi connectivity index (χ3n) is 5.44. The van der Waals surface area contributed by atoms with Gasteiger partial charge in [-0.05, 0) is 54.7 Å². The van der Waals surface area contributed by atoms with E-state index in [4.69, 9.17) is 5.73 Å². The van der Waals surface area contributed by atoms with Gasteiger partial charge in [0.05, 0.1) is 6.54 Å². The quantitative estimate of drug-likeness (QED) is 0.519. The zero-order chi connectivity index (χ0) is 21.1. The van der Waals surface area contributed by atoms with Crippen molar-refractivity contribution in [2.45, 2.75) is 32.7 Å². The Bertz CT molecular complexity index is 981. The highest BCUT2D eigenvalue weighted by Crippen LogP contribution is 2.29. The van der Waals surface area contributed by atoms with Crippen molar-refractivity contribution in [3.8, 4) is 5.75 Å². The van der Waals surface area contributed by atoms with Crippen LogP contribution in [-0.4, -0.2) is 41.4 Å². The van der Waals surface area contributed by atoms with Gasteiger partial charge in [-0.2, -0.15) is 4.99 Å². The van der Waals surface area contributed by atoms with Gasteiger partial charge in [0, 0.05) is 37.0 Å². The number of nitrogens with two attached hydrogens (primary N) is 1. The maximum absolute atomic E-state index is 11.2. The molecule has 0 saturated carbocycles. The molecule has 0 aliphatic heterocycles. The number of aryl methyl sites for hydroxylation is 1. The molecule has 0 bridgehead atoms. The molecule has 1 amide bonds. The van der Waals surface area contributed by atoms with E-state index in [0.717, 1.165) is 29.8 Å². The van der Waals surface area contributed by atoms with Crippen molar-refractivity contribution in [3.05, 3.63) is 70.9 Å². The second-order valence-electron chi connectivity index (χ2n) is 7.59. The first-order valence-electron chi connectivity index (χ1n) is 9.65. The number of aliphatic imine (C=N–C) groups is 1. The monoisotopic (exact) mass is 392 g/mol. The zero-order valence-corrected chi connectivity index (χ0v) is 17.2. The zero-order valence-electron chi connectivity index (χ0n) is 17.2. The predicted molar refractivity (Wildman–Crippen MR) is 117 cm³/mol. The Morgan fingerprint density at radius 2 is 2.00 bits per heavy atom. The standard InChI is InChI=1S/C23H28N4O2/c1-14-5-6-18(23(24)26-16(3)28)12-22(14)25-13-15(2)27(4)20-9-17-7-8-21(29)11-19(17)10-20/h5-8,11-12,20,25,29H,2,9-10,13H2,1,3-4H3,(H2,24,26,28). The lowest BCUT2D eigenvalue weighted by molar-refractivity contribution is -0.115. The lowest BCUT2D eigenvalue weighted by atomic mass is 10.1. The van der Waals surface area contributed by atoms with Gasteiger partial charge in [-0.15, -0.1) is 0 Å². The molecular weight excluding hydrogens is 364 g/mol. The van der Waals surface area contributed by atoms with Crippen LogP contribution in [0.1, 0.15) is 29.2 Å². The molecule has 1 aliphatic carbocycles. The van der Waals surface area contributed by atoms with Crippen LogP contribution in [0.2, 0.25) is 0 Å². The minimum absolute atomic E-state index is 0.212. The fourth-order valence-corrected chi connectivity index (χ4v) is 3.64. The van der Waals surface area contributed by atoms with E-state index in [0.29, 0.717) is 23.9 Å². The molecule has 0 heterocycles. The van der Waals surface area contributed by atoms with Crippen LogP contribution in [0.5, 0.6) is 5.75 Å². The van der Waals surface area contributed by atoms with Crippen molar-refractivity contribution in [1.29, 1.82) is 0 Å². The minimum Gasteiger partial charge on any atom is -0.508 e. The smallest absolute Gasteiger partial charge is 0.244 e. The highest BCUT2D eigenvalue weighted by Gasteiger charge is 2.25. The molecule has 1 aliphatic rings. The number of amides is 1. The van der Waals surface area contributed by atoms with Crippen LogP contribution in [-0.2, 0) is 17.6 Å². The van der Waals surface area contributed by atoms with Crippen LogP contribution in [0, 0.1) is 6.92 Å². The number of rotatable bonds is 6. The molecule has 6 nitrogen and oxygen atoms in total. The van der Waals surface area contributed by atoms with Gasteiger partial charge >= 0.3 is 0 Å². The number of phenolic OH excluding ortho intramolecular Hbond substituents is 1. The summed E-state index contributed by atoms with van der Waals surface area (Å²) in [6, 6.07) is 11.6. The van der Waals surface area contributed by atoms with Gasteiger partial charge in [0.25, 0.3) is 0 Å². The van der Waals surface area contributed by atoms with E-state index < -0.39 is 0 Å². The van der Waals surface area contributed by atoms with Crippen molar-refractivity contribution >= 4 is 17.4 Å². The second kappa shape index (κ2) is 8.39. The number of nitrogens with one attached hydrogen (secondary N) is 1. The summed E-state index contributed by atoms with van der Waals surface area (Å²) in [6.45, 7) is 8.22. The van der Waals surface area contributed by atoms with E-state index in [-0.39, 0.29) is 11.7 Å². The molecule has 0 fully saturated rings. The van der Waals surface area contributed by atoms with Crippen molar-refractivity contribution in [2.24, 2.45) is 10.7 Å². The van der Waals surface area contributed by atoms with Gasteiger partial charge in [-0.25, -0.2) is 0 Å². The SMILES string of the molecule is C=C(CNc1cc(C(N)=NC(C)=O)ccc1C)N(C)C1Cc2ccc(O)cc2C1. The summed E-state index contributed by atoms with van der Waals surface area (Å²) >= 11 is 0. The number of nitrogens with zero attached hydrogens (tertiary/aromatic N) is 2. The topological polar surface area (TPSA) is 90.9 Å². The number of amidine groups is 1. The molecule has 4 N–H and O–H groups in total. The third-order valence-corrected chi connectivity index (χ3v) is 5.44. The summed E-state index contributed by atoms with van der Waals surface area (Å²) in [5.74, 6) is 0.206. The number of carbonyl (C=O) groups is 1. The largest absolute Gasteiger partial charge is 0.508 e. The average molecular weight is 393 g/mol. The first-order chi connectivity index (χ1) is 13.7. The number of phenols is 1. The van der Waals surface area contributed by atoms with Crippen LogP contribution in [0.15, 0.2) is 53.7 Å². The Morgan fingerprint density at radius 3 is 2.72 bits per heavy atom. The molecule has 1 unspecified atom stereocenters. The molecule has 0 aromatic heterocycles. The molecule has 0 spiro atoms. The Labute approximate surface area is 171 Å². The summed E-state index contributed by atoms with van der Waals surface area (Å²) in [5, 5.41) is 13.1. The van der Waals surface area contributed by atoms with Crippen LogP contribution in [0.25, 0.3) is 0 Å². The summed E-state index contributed by atoms with van der Waals surface area (Å²) in [4.78, 5) is 17.2. The van der Waals surface area contributed by atoms with Gasteiger partial charge in [0.2, 0.25) is 5.91 Å². The molecule has 29 heavy (non-hydrogen) atoms. The van der Waals surface area contributed by atoms with Crippen LogP contribution >= 0.6 is 0 Å². The molecule has 3 rings (SSSR count). The van der Waals surface area contributed by atoms with Gasteiger partial charge in [0.1, 0.15) is 11.6 Å². The molecule has 1 atom stereocenters. The number of aromatic hydroxyl groups is 1. The number of benzene rings is 2. The van der Waals surface area contributed by atoms with Crippen LogP contribution < -0.4 is 11.1 Å².